The lowest BCUT2D eigenvalue weighted by atomic mass is 9.95. The van der Waals surface area contributed by atoms with Gasteiger partial charge in [-0.15, -0.1) is 0 Å². The molecule has 3 aromatic rings. The van der Waals surface area contributed by atoms with Crippen LogP contribution in [0.5, 0.6) is 0 Å². The maximum Gasteiger partial charge on any atom is 0.416 e. The molecule has 33 heavy (non-hydrogen) atoms. The number of carbonyl (C=O) groups is 2. The summed E-state index contributed by atoms with van der Waals surface area (Å²) in [6.45, 7) is 0. The van der Waals surface area contributed by atoms with Crippen LogP contribution in [0.2, 0.25) is 5.02 Å². The number of aliphatic hydroxyl groups is 1. The Bertz CT molecular complexity index is 1270. The summed E-state index contributed by atoms with van der Waals surface area (Å²) in [5, 5.41) is 11.3. The Morgan fingerprint density at radius 1 is 0.939 bits per heavy atom. The molecule has 1 N–H and O–H groups in total. The van der Waals surface area contributed by atoms with E-state index in [1.807, 2.05) is 0 Å². The van der Waals surface area contributed by atoms with E-state index in [0.717, 1.165) is 35.2 Å². The molecule has 0 aliphatic carbocycles. The number of rotatable bonds is 3. The number of Topliss-reactive ketones (excluding diaryl/α,β-unsaturated/α-hetero) is 1. The number of amides is 1. The number of carbonyl (C=O) groups excluding carboxylic acids is 2. The van der Waals surface area contributed by atoms with Crippen molar-refractivity contribution >= 4 is 34.7 Å². The largest absolute Gasteiger partial charge is 0.507 e. The van der Waals surface area contributed by atoms with E-state index in [9.17, 15) is 32.3 Å². The van der Waals surface area contributed by atoms with Crippen LogP contribution in [0.25, 0.3) is 5.76 Å². The minimum Gasteiger partial charge on any atom is -0.507 e. The highest BCUT2D eigenvalue weighted by Crippen LogP contribution is 2.43. The molecule has 1 saturated heterocycles. The van der Waals surface area contributed by atoms with E-state index in [-0.39, 0.29) is 22.4 Å². The summed E-state index contributed by atoms with van der Waals surface area (Å²) in [5.41, 5.74) is -1.16. The molecule has 0 radical (unpaired) electrons. The van der Waals surface area contributed by atoms with Gasteiger partial charge < -0.3 is 5.11 Å². The Kier molecular flexibility index (Phi) is 5.71. The standard InChI is InChI=1S/C24H14ClF4NO3/c25-16-8-4-14(5-9-16)21(31)19-20(13-6-10-17(26)11-7-13)30(23(33)22(19)32)18-3-1-2-15(12-18)24(27,28)29/h1-12,20,31H/b21-19+/t20-/m0/s1. The second-order valence-electron chi connectivity index (χ2n) is 7.28. The molecule has 9 heteroatoms. The number of nitrogens with zero attached hydrogens (tertiary/aromatic N) is 1. The number of hydrogen-bond acceptors (Lipinski definition) is 3. The second kappa shape index (κ2) is 8.37. The highest BCUT2D eigenvalue weighted by molar-refractivity contribution is 6.51. The van der Waals surface area contributed by atoms with E-state index in [2.05, 4.69) is 0 Å². The van der Waals surface area contributed by atoms with Gasteiger partial charge in [-0.1, -0.05) is 29.8 Å². The van der Waals surface area contributed by atoms with Gasteiger partial charge >= 0.3 is 6.18 Å². The molecule has 0 unspecified atom stereocenters. The molecular formula is C24H14ClF4NO3. The predicted molar refractivity (Wildman–Crippen MR) is 114 cm³/mol. The van der Waals surface area contributed by atoms with Gasteiger partial charge in [0.2, 0.25) is 0 Å². The van der Waals surface area contributed by atoms with Crippen LogP contribution >= 0.6 is 11.6 Å². The van der Waals surface area contributed by atoms with Crippen molar-refractivity contribution in [3.63, 3.8) is 0 Å². The van der Waals surface area contributed by atoms with Gasteiger partial charge in [-0.3, -0.25) is 14.5 Å². The van der Waals surface area contributed by atoms with Crippen LogP contribution in [0.4, 0.5) is 23.2 Å². The van der Waals surface area contributed by atoms with Crippen LogP contribution in [-0.4, -0.2) is 16.8 Å². The van der Waals surface area contributed by atoms with Crippen molar-refractivity contribution in [3.8, 4) is 0 Å². The van der Waals surface area contributed by atoms with E-state index in [4.69, 9.17) is 11.6 Å². The average Bonchev–Trinajstić information content (AvgIpc) is 3.04. The minimum atomic E-state index is -4.68. The minimum absolute atomic E-state index is 0.175. The summed E-state index contributed by atoms with van der Waals surface area (Å²) in [6.07, 6.45) is -4.68. The van der Waals surface area contributed by atoms with Crippen LogP contribution in [-0.2, 0) is 15.8 Å². The van der Waals surface area contributed by atoms with E-state index in [0.29, 0.717) is 5.02 Å². The maximum atomic E-state index is 13.5. The highest BCUT2D eigenvalue weighted by Gasteiger charge is 2.47. The first-order valence-corrected chi connectivity index (χ1v) is 9.95. The first kappa shape index (κ1) is 22.5. The number of aliphatic hydroxyl groups excluding tert-OH is 1. The lowest BCUT2D eigenvalue weighted by Crippen LogP contribution is -2.29. The number of halogens is 5. The third-order valence-corrected chi connectivity index (χ3v) is 5.45. The molecule has 0 bridgehead atoms. The molecule has 4 nitrogen and oxygen atoms in total. The molecule has 1 aliphatic heterocycles. The van der Waals surface area contributed by atoms with Gasteiger partial charge in [0.05, 0.1) is 17.2 Å². The van der Waals surface area contributed by atoms with Crippen LogP contribution in [0.3, 0.4) is 0 Å². The van der Waals surface area contributed by atoms with Gasteiger partial charge in [0.15, 0.2) is 0 Å². The van der Waals surface area contributed by atoms with Gasteiger partial charge in [0.25, 0.3) is 11.7 Å². The zero-order chi connectivity index (χ0) is 23.9. The van der Waals surface area contributed by atoms with Crippen LogP contribution in [0.1, 0.15) is 22.7 Å². The lowest BCUT2D eigenvalue weighted by molar-refractivity contribution is -0.137. The normalized spacial score (nSPS) is 18.1. The summed E-state index contributed by atoms with van der Waals surface area (Å²) in [4.78, 5) is 26.8. The Labute approximate surface area is 190 Å². The number of anilines is 1. The number of hydrogen-bond donors (Lipinski definition) is 1. The zero-order valence-corrected chi connectivity index (χ0v) is 17.4. The lowest BCUT2D eigenvalue weighted by Gasteiger charge is -2.26. The quantitative estimate of drug-likeness (QED) is 0.215. The topological polar surface area (TPSA) is 57.6 Å². The van der Waals surface area contributed by atoms with Crippen molar-refractivity contribution < 1.29 is 32.3 Å². The van der Waals surface area contributed by atoms with Gasteiger partial charge in [-0.05, 0) is 60.2 Å². The number of ketones is 1. The van der Waals surface area contributed by atoms with Gasteiger partial charge in [-0.2, -0.15) is 13.2 Å². The molecular weight excluding hydrogens is 462 g/mol. The second-order valence-corrected chi connectivity index (χ2v) is 7.71. The van der Waals surface area contributed by atoms with Gasteiger partial charge in [-0.25, -0.2) is 4.39 Å². The summed E-state index contributed by atoms with van der Waals surface area (Å²) < 4.78 is 53.4. The molecule has 0 spiro atoms. The average molecular weight is 476 g/mol. The number of benzene rings is 3. The Balaban J connectivity index is 1.94. The van der Waals surface area contributed by atoms with Crippen LogP contribution in [0.15, 0.2) is 78.4 Å². The van der Waals surface area contributed by atoms with E-state index < -0.39 is 41.0 Å². The molecule has 1 heterocycles. The molecule has 3 aromatic carbocycles. The molecule has 4 rings (SSSR count). The summed E-state index contributed by atoms with van der Waals surface area (Å²) in [7, 11) is 0. The summed E-state index contributed by atoms with van der Waals surface area (Å²) in [5.74, 6) is -3.34. The third kappa shape index (κ3) is 4.21. The zero-order valence-electron chi connectivity index (χ0n) is 16.6. The molecule has 0 saturated carbocycles. The third-order valence-electron chi connectivity index (χ3n) is 5.20. The number of alkyl halides is 3. The van der Waals surface area contributed by atoms with Crippen molar-refractivity contribution in [2.75, 3.05) is 4.90 Å². The van der Waals surface area contributed by atoms with Crippen molar-refractivity contribution in [2.24, 2.45) is 0 Å². The maximum absolute atomic E-state index is 13.5. The first-order valence-electron chi connectivity index (χ1n) is 9.57. The SMILES string of the molecule is O=C1C(=O)N(c2cccc(C(F)(F)F)c2)[C@@H](c2ccc(F)cc2)/C1=C(\O)c1ccc(Cl)cc1. The fourth-order valence-electron chi connectivity index (χ4n) is 3.65. The fourth-order valence-corrected chi connectivity index (χ4v) is 3.78. The molecule has 1 fully saturated rings. The highest BCUT2D eigenvalue weighted by atomic mass is 35.5. The summed E-state index contributed by atoms with van der Waals surface area (Å²) >= 11 is 5.87. The van der Waals surface area contributed by atoms with E-state index in [1.165, 1.54) is 42.5 Å². The van der Waals surface area contributed by atoms with Crippen molar-refractivity contribution in [2.45, 2.75) is 12.2 Å². The fraction of sp³-hybridized carbons (Fsp3) is 0.0833. The van der Waals surface area contributed by atoms with Crippen LogP contribution in [0, 0.1) is 5.82 Å². The van der Waals surface area contributed by atoms with Crippen molar-refractivity contribution in [3.05, 3.63) is 106 Å². The molecule has 1 atom stereocenters. The van der Waals surface area contributed by atoms with E-state index in [1.54, 1.807) is 0 Å². The monoisotopic (exact) mass is 475 g/mol. The van der Waals surface area contributed by atoms with Gasteiger partial charge in [0.1, 0.15) is 11.6 Å². The Morgan fingerprint density at radius 3 is 2.18 bits per heavy atom. The summed E-state index contributed by atoms with van der Waals surface area (Å²) in [6, 6.07) is 13.2. The van der Waals surface area contributed by atoms with Gasteiger partial charge in [0, 0.05) is 16.3 Å². The Morgan fingerprint density at radius 2 is 1.58 bits per heavy atom. The molecule has 1 aliphatic rings. The smallest absolute Gasteiger partial charge is 0.416 e. The van der Waals surface area contributed by atoms with E-state index >= 15 is 0 Å². The van der Waals surface area contributed by atoms with Crippen molar-refractivity contribution in [1.82, 2.24) is 0 Å². The molecule has 1 amide bonds. The van der Waals surface area contributed by atoms with Crippen LogP contribution < -0.4 is 4.90 Å². The predicted octanol–water partition coefficient (Wildman–Crippen LogP) is 6.12. The first-order chi connectivity index (χ1) is 15.6. The Hall–Kier alpha value is -3.65. The molecule has 168 valence electrons. The molecule has 0 aromatic heterocycles. The van der Waals surface area contributed by atoms with Crippen molar-refractivity contribution in [1.29, 1.82) is 0 Å².